The lowest BCUT2D eigenvalue weighted by atomic mass is 10.1. The van der Waals surface area contributed by atoms with Crippen LogP contribution in [0.5, 0.6) is 5.75 Å². The van der Waals surface area contributed by atoms with E-state index in [-0.39, 0.29) is 0 Å². The summed E-state index contributed by atoms with van der Waals surface area (Å²) in [6.07, 6.45) is 1.90. The minimum Gasteiger partial charge on any atom is -0.463 e. The largest absolute Gasteiger partial charge is 0.463 e. The van der Waals surface area contributed by atoms with Gasteiger partial charge in [0.05, 0.1) is 0 Å². The highest BCUT2D eigenvalue weighted by atomic mass is 79.9. The number of rotatable bonds is 5. The molecule has 0 heterocycles. The minimum absolute atomic E-state index is 0.636. The highest BCUT2D eigenvalue weighted by molar-refractivity contribution is 9.10. The molecule has 14 heavy (non-hydrogen) atoms. The third kappa shape index (κ3) is 3.58. The van der Waals surface area contributed by atoms with Crippen LogP contribution in [-0.2, 0) is 6.42 Å². The Bertz CT molecular complexity index is 291. The highest BCUT2D eigenvalue weighted by Gasteiger charge is 2.03. The van der Waals surface area contributed by atoms with E-state index in [9.17, 15) is 4.39 Å². The van der Waals surface area contributed by atoms with Gasteiger partial charge in [0.2, 0.25) is 6.86 Å². The maximum Gasteiger partial charge on any atom is 0.228 e. The molecule has 0 saturated heterocycles. The van der Waals surface area contributed by atoms with Gasteiger partial charge in [-0.2, -0.15) is 0 Å². The molecule has 0 atom stereocenters. The van der Waals surface area contributed by atoms with Crippen LogP contribution in [0.15, 0.2) is 22.7 Å². The summed E-state index contributed by atoms with van der Waals surface area (Å²) in [5, 5.41) is 0.939. The average molecular weight is 326 g/mol. The van der Waals surface area contributed by atoms with Crippen LogP contribution >= 0.6 is 31.9 Å². The summed E-state index contributed by atoms with van der Waals surface area (Å²) >= 11 is 6.74. The number of aryl methyl sites for hydroxylation is 1. The molecule has 4 heteroatoms. The van der Waals surface area contributed by atoms with Crippen LogP contribution in [0.2, 0.25) is 0 Å². The van der Waals surface area contributed by atoms with Crippen LogP contribution in [0.3, 0.4) is 0 Å². The van der Waals surface area contributed by atoms with E-state index < -0.39 is 6.86 Å². The van der Waals surface area contributed by atoms with Crippen molar-refractivity contribution in [2.75, 3.05) is 12.2 Å². The maximum absolute atomic E-state index is 12.0. The fraction of sp³-hybridized carbons (Fsp3) is 0.400. The van der Waals surface area contributed by atoms with Gasteiger partial charge in [0.15, 0.2) is 0 Å². The Kier molecular flexibility index (Phi) is 5.48. The van der Waals surface area contributed by atoms with Crippen molar-refractivity contribution in [1.29, 1.82) is 0 Å². The zero-order chi connectivity index (χ0) is 10.4. The van der Waals surface area contributed by atoms with Gasteiger partial charge in [0.1, 0.15) is 5.75 Å². The molecule has 0 N–H and O–H groups in total. The van der Waals surface area contributed by atoms with Gasteiger partial charge >= 0.3 is 0 Å². The molecule has 0 bridgehead atoms. The molecule has 0 unspecified atom stereocenters. The van der Waals surface area contributed by atoms with E-state index in [1.54, 1.807) is 6.07 Å². The van der Waals surface area contributed by atoms with Gasteiger partial charge in [-0.3, -0.25) is 0 Å². The van der Waals surface area contributed by atoms with Crippen molar-refractivity contribution >= 4 is 31.9 Å². The first-order valence-corrected chi connectivity index (χ1v) is 6.22. The highest BCUT2D eigenvalue weighted by Crippen LogP contribution is 2.24. The van der Waals surface area contributed by atoms with Crippen molar-refractivity contribution in [3.8, 4) is 5.75 Å². The summed E-state index contributed by atoms with van der Waals surface area (Å²) in [5.41, 5.74) is 1.04. The first kappa shape index (κ1) is 12.0. The van der Waals surface area contributed by atoms with E-state index >= 15 is 0 Å². The summed E-state index contributed by atoms with van der Waals surface area (Å²) in [7, 11) is 0. The fourth-order valence-electron chi connectivity index (χ4n) is 1.20. The van der Waals surface area contributed by atoms with Gasteiger partial charge in [-0.25, -0.2) is 4.39 Å². The predicted octanol–water partition coefficient (Wildman–Crippen LogP) is 4.08. The van der Waals surface area contributed by atoms with Gasteiger partial charge in [0, 0.05) is 9.80 Å². The molecule has 78 valence electrons. The Morgan fingerprint density at radius 1 is 1.36 bits per heavy atom. The number of halogens is 3. The smallest absolute Gasteiger partial charge is 0.228 e. The molecule has 0 spiro atoms. The Morgan fingerprint density at radius 2 is 2.14 bits per heavy atom. The molecule has 1 rings (SSSR count). The summed E-state index contributed by atoms with van der Waals surface area (Å²) in [6.45, 7) is -0.775. The van der Waals surface area contributed by atoms with Crippen molar-refractivity contribution in [1.82, 2.24) is 0 Å². The molecule has 0 aliphatic heterocycles. The molecule has 0 aliphatic rings. The molecule has 1 nitrogen and oxygen atoms in total. The Morgan fingerprint density at radius 3 is 2.79 bits per heavy atom. The zero-order valence-electron chi connectivity index (χ0n) is 7.60. The normalized spacial score (nSPS) is 10.2. The molecular formula is C10H11Br2FO. The van der Waals surface area contributed by atoms with Gasteiger partial charge in [-0.1, -0.05) is 31.9 Å². The van der Waals surface area contributed by atoms with Crippen LogP contribution in [-0.4, -0.2) is 12.2 Å². The van der Waals surface area contributed by atoms with E-state index in [1.165, 1.54) is 0 Å². The van der Waals surface area contributed by atoms with Crippen LogP contribution in [0.25, 0.3) is 0 Å². The lowest BCUT2D eigenvalue weighted by Crippen LogP contribution is -1.96. The zero-order valence-corrected chi connectivity index (χ0v) is 10.8. The summed E-state index contributed by atoms with van der Waals surface area (Å²) in [5.74, 6) is 0.636. The third-order valence-corrected chi connectivity index (χ3v) is 2.87. The quantitative estimate of drug-likeness (QED) is 0.741. The number of hydrogen-bond donors (Lipinski definition) is 0. The van der Waals surface area contributed by atoms with E-state index in [0.29, 0.717) is 5.75 Å². The molecule has 0 fully saturated rings. The van der Waals surface area contributed by atoms with Crippen molar-refractivity contribution in [2.45, 2.75) is 12.8 Å². The molecule has 0 aromatic heterocycles. The Hall–Kier alpha value is -0.0900. The standard InChI is InChI=1S/C10H11Br2FO/c11-5-1-2-8-6-9(12)3-4-10(8)14-7-13/h3-4,6H,1-2,5,7H2. The van der Waals surface area contributed by atoms with Crippen molar-refractivity contribution in [2.24, 2.45) is 0 Å². The van der Waals surface area contributed by atoms with Crippen LogP contribution in [0.4, 0.5) is 4.39 Å². The van der Waals surface area contributed by atoms with E-state index in [1.807, 2.05) is 12.1 Å². The maximum atomic E-state index is 12.0. The molecule has 0 saturated carbocycles. The molecule has 0 amide bonds. The third-order valence-electron chi connectivity index (χ3n) is 1.81. The Labute approximate surface area is 99.9 Å². The number of hydrogen-bond acceptors (Lipinski definition) is 1. The van der Waals surface area contributed by atoms with Crippen LogP contribution in [0, 0.1) is 0 Å². The molecular weight excluding hydrogens is 315 g/mol. The van der Waals surface area contributed by atoms with Gasteiger partial charge in [0.25, 0.3) is 0 Å². The SMILES string of the molecule is FCOc1ccc(Br)cc1CCCBr. The monoisotopic (exact) mass is 324 g/mol. The van der Waals surface area contributed by atoms with Crippen molar-refractivity contribution < 1.29 is 9.13 Å². The predicted molar refractivity (Wildman–Crippen MR) is 62.9 cm³/mol. The first-order valence-electron chi connectivity index (χ1n) is 4.31. The first-order chi connectivity index (χ1) is 6.77. The summed E-state index contributed by atoms with van der Waals surface area (Å²) in [6, 6.07) is 5.60. The van der Waals surface area contributed by atoms with E-state index in [4.69, 9.17) is 4.74 Å². The summed E-state index contributed by atoms with van der Waals surface area (Å²) in [4.78, 5) is 0. The molecule has 0 radical (unpaired) electrons. The van der Waals surface area contributed by atoms with Crippen LogP contribution < -0.4 is 4.74 Å². The van der Waals surface area contributed by atoms with Crippen molar-refractivity contribution in [3.63, 3.8) is 0 Å². The number of benzene rings is 1. The second kappa shape index (κ2) is 6.40. The second-order valence-electron chi connectivity index (χ2n) is 2.80. The van der Waals surface area contributed by atoms with Crippen molar-refractivity contribution in [3.05, 3.63) is 28.2 Å². The lowest BCUT2D eigenvalue weighted by molar-refractivity contribution is 0.190. The van der Waals surface area contributed by atoms with E-state index in [2.05, 4.69) is 31.9 Å². The molecule has 1 aromatic carbocycles. The average Bonchev–Trinajstić information content (AvgIpc) is 2.18. The van der Waals surface area contributed by atoms with Gasteiger partial charge < -0.3 is 4.74 Å². The molecule has 0 aliphatic carbocycles. The minimum atomic E-state index is -0.775. The molecule has 1 aromatic rings. The number of alkyl halides is 2. The fourth-order valence-corrected chi connectivity index (χ4v) is 1.89. The topological polar surface area (TPSA) is 9.23 Å². The van der Waals surface area contributed by atoms with E-state index in [0.717, 1.165) is 28.2 Å². The second-order valence-corrected chi connectivity index (χ2v) is 4.51. The number of ether oxygens (including phenoxy) is 1. The van der Waals surface area contributed by atoms with Gasteiger partial charge in [-0.05, 0) is 36.6 Å². The Balaban J connectivity index is 2.79. The lowest BCUT2D eigenvalue weighted by Gasteiger charge is -2.08. The van der Waals surface area contributed by atoms with Gasteiger partial charge in [-0.15, -0.1) is 0 Å². The van der Waals surface area contributed by atoms with Crippen LogP contribution in [0.1, 0.15) is 12.0 Å². The summed E-state index contributed by atoms with van der Waals surface area (Å²) < 4.78 is 17.9.